The Labute approximate surface area is 155 Å². The number of ether oxygens (including phenoxy) is 2. The van der Waals surface area contributed by atoms with Gasteiger partial charge in [-0.15, -0.1) is 0 Å². The van der Waals surface area contributed by atoms with Crippen LogP contribution in [-0.4, -0.2) is 24.6 Å². The van der Waals surface area contributed by atoms with Crippen LogP contribution in [-0.2, 0) is 4.79 Å². The first-order valence-corrected chi connectivity index (χ1v) is 8.66. The second kappa shape index (κ2) is 6.21. The molecule has 2 aromatic rings. The fourth-order valence-electron chi connectivity index (χ4n) is 3.62. The number of fused-ring (bicyclic) bond motifs is 2. The van der Waals surface area contributed by atoms with Crippen LogP contribution in [0.15, 0.2) is 36.4 Å². The number of halogens is 1. The van der Waals surface area contributed by atoms with Crippen molar-refractivity contribution >= 4 is 29.1 Å². The van der Waals surface area contributed by atoms with E-state index in [1.165, 1.54) is 0 Å². The van der Waals surface area contributed by atoms with Crippen LogP contribution in [0.3, 0.4) is 0 Å². The van der Waals surface area contributed by atoms with Gasteiger partial charge in [-0.25, -0.2) is 0 Å². The zero-order chi connectivity index (χ0) is 18.4. The van der Waals surface area contributed by atoms with Crippen LogP contribution in [0.1, 0.15) is 35.2 Å². The molecule has 134 valence electrons. The molecule has 2 aliphatic heterocycles. The number of hydrogen-bond donors (Lipinski definition) is 1. The number of primary amides is 1. The predicted molar refractivity (Wildman–Crippen MR) is 96.8 cm³/mol. The molecule has 6 nitrogen and oxygen atoms in total. The van der Waals surface area contributed by atoms with Gasteiger partial charge in [0, 0.05) is 17.3 Å². The Morgan fingerprint density at radius 1 is 1.23 bits per heavy atom. The highest BCUT2D eigenvalue weighted by Gasteiger charge is 2.36. The van der Waals surface area contributed by atoms with E-state index in [0.29, 0.717) is 34.2 Å². The SMILES string of the molecule is C[C@@H]1C[C@@H](C(N)=O)c2ccccc2N1C(=O)c1cc(Cl)c2c(c1)OCO2. The van der Waals surface area contributed by atoms with Crippen molar-refractivity contribution in [2.45, 2.75) is 25.3 Å². The van der Waals surface area contributed by atoms with Gasteiger partial charge in [-0.3, -0.25) is 9.59 Å². The summed E-state index contributed by atoms with van der Waals surface area (Å²) < 4.78 is 10.7. The van der Waals surface area contributed by atoms with E-state index in [0.717, 1.165) is 5.56 Å². The third-order valence-electron chi connectivity index (χ3n) is 4.83. The third kappa shape index (κ3) is 2.57. The number of anilines is 1. The number of benzene rings is 2. The van der Waals surface area contributed by atoms with E-state index in [-0.39, 0.29) is 24.6 Å². The maximum Gasteiger partial charge on any atom is 0.258 e. The average Bonchev–Trinajstić information content (AvgIpc) is 3.09. The monoisotopic (exact) mass is 372 g/mol. The van der Waals surface area contributed by atoms with Crippen molar-refractivity contribution < 1.29 is 19.1 Å². The van der Waals surface area contributed by atoms with Crippen LogP contribution < -0.4 is 20.1 Å². The summed E-state index contributed by atoms with van der Waals surface area (Å²) in [5.74, 6) is -0.112. The Morgan fingerprint density at radius 3 is 2.77 bits per heavy atom. The maximum absolute atomic E-state index is 13.3. The van der Waals surface area contributed by atoms with Crippen molar-refractivity contribution in [3.63, 3.8) is 0 Å². The van der Waals surface area contributed by atoms with Crippen LogP contribution in [0, 0.1) is 0 Å². The van der Waals surface area contributed by atoms with Crippen molar-refractivity contribution in [1.29, 1.82) is 0 Å². The Balaban J connectivity index is 1.77. The van der Waals surface area contributed by atoms with Gasteiger partial charge >= 0.3 is 0 Å². The van der Waals surface area contributed by atoms with E-state index >= 15 is 0 Å². The van der Waals surface area contributed by atoms with Crippen LogP contribution in [0.5, 0.6) is 11.5 Å². The fourth-order valence-corrected chi connectivity index (χ4v) is 3.89. The van der Waals surface area contributed by atoms with E-state index in [4.69, 9.17) is 26.8 Å². The first-order valence-electron chi connectivity index (χ1n) is 8.28. The molecule has 0 bridgehead atoms. The molecule has 0 fully saturated rings. The molecule has 0 spiro atoms. The number of nitrogens with two attached hydrogens (primary N) is 1. The smallest absolute Gasteiger partial charge is 0.258 e. The summed E-state index contributed by atoms with van der Waals surface area (Å²) in [7, 11) is 0. The van der Waals surface area contributed by atoms with Gasteiger partial charge < -0.3 is 20.1 Å². The molecule has 2 amide bonds. The highest BCUT2D eigenvalue weighted by Crippen LogP contribution is 2.42. The molecule has 7 heteroatoms. The van der Waals surface area contributed by atoms with Gasteiger partial charge in [-0.1, -0.05) is 29.8 Å². The molecule has 2 aromatic carbocycles. The molecule has 2 heterocycles. The van der Waals surface area contributed by atoms with Crippen molar-refractivity contribution in [2.24, 2.45) is 5.73 Å². The molecule has 2 N–H and O–H groups in total. The molecular formula is C19H17ClN2O4. The molecule has 0 aromatic heterocycles. The second-order valence-corrected chi connectivity index (χ2v) is 6.87. The lowest BCUT2D eigenvalue weighted by molar-refractivity contribution is -0.119. The van der Waals surface area contributed by atoms with Gasteiger partial charge in [-0.2, -0.15) is 0 Å². The number of nitrogens with zero attached hydrogens (tertiary/aromatic N) is 1. The lowest BCUT2D eigenvalue weighted by atomic mass is 9.85. The largest absolute Gasteiger partial charge is 0.454 e. The van der Waals surface area contributed by atoms with Crippen LogP contribution in [0.2, 0.25) is 5.02 Å². The van der Waals surface area contributed by atoms with E-state index in [1.54, 1.807) is 17.0 Å². The van der Waals surface area contributed by atoms with Crippen molar-refractivity contribution in [1.82, 2.24) is 0 Å². The molecule has 26 heavy (non-hydrogen) atoms. The highest BCUT2D eigenvalue weighted by molar-refractivity contribution is 6.33. The first-order chi connectivity index (χ1) is 12.5. The van der Waals surface area contributed by atoms with Crippen molar-refractivity contribution in [3.05, 3.63) is 52.5 Å². The van der Waals surface area contributed by atoms with Gasteiger partial charge in [0.1, 0.15) is 0 Å². The summed E-state index contributed by atoms with van der Waals surface area (Å²) in [6, 6.07) is 10.3. The third-order valence-corrected chi connectivity index (χ3v) is 5.11. The zero-order valence-electron chi connectivity index (χ0n) is 14.1. The summed E-state index contributed by atoms with van der Waals surface area (Å²) in [6.07, 6.45) is 0.469. The number of rotatable bonds is 2. The van der Waals surface area contributed by atoms with Crippen LogP contribution in [0.4, 0.5) is 5.69 Å². The van der Waals surface area contributed by atoms with Gasteiger partial charge in [0.2, 0.25) is 12.7 Å². The minimum Gasteiger partial charge on any atom is -0.454 e. The van der Waals surface area contributed by atoms with E-state index in [1.807, 2.05) is 31.2 Å². The van der Waals surface area contributed by atoms with Gasteiger partial charge in [0.25, 0.3) is 5.91 Å². The molecule has 0 aliphatic carbocycles. The number of para-hydroxylation sites is 1. The standard InChI is InChI=1S/C19H17ClN2O4/c1-10-6-13(18(21)23)12-4-2-3-5-15(12)22(10)19(24)11-7-14(20)17-16(8-11)25-9-26-17/h2-5,7-8,10,13H,6,9H2,1H3,(H2,21,23)/t10-,13-/m1/s1. The molecule has 0 saturated carbocycles. The Morgan fingerprint density at radius 2 is 2.00 bits per heavy atom. The molecule has 2 atom stereocenters. The highest BCUT2D eigenvalue weighted by atomic mass is 35.5. The Bertz CT molecular complexity index is 914. The summed E-state index contributed by atoms with van der Waals surface area (Å²) in [4.78, 5) is 26.8. The van der Waals surface area contributed by atoms with Crippen LogP contribution in [0.25, 0.3) is 0 Å². The minimum atomic E-state index is -0.411. The van der Waals surface area contributed by atoms with Crippen LogP contribution >= 0.6 is 11.6 Å². The lowest BCUT2D eigenvalue weighted by Crippen LogP contribution is -2.45. The van der Waals surface area contributed by atoms with Gasteiger partial charge in [0.15, 0.2) is 11.5 Å². The average molecular weight is 373 g/mol. The molecule has 0 radical (unpaired) electrons. The van der Waals surface area contributed by atoms with E-state index < -0.39 is 5.92 Å². The zero-order valence-corrected chi connectivity index (χ0v) is 14.8. The van der Waals surface area contributed by atoms with E-state index in [2.05, 4.69) is 0 Å². The predicted octanol–water partition coefficient (Wildman–Crippen LogP) is 3.08. The van der Waals surface area contributed by atoms with Gasteiger partial charge in [0.05, 0.1) is 10.9 Å². The van der Waals surface area contributed by atoms with Crippen molar-refractivity contribution in [2.75, 3.05) is 11.7 Å². The molecule has 0 unspecified atom stereocenters. The number of amides is 2. The quantitative estimate of drug-likeness (QED) is 0.878. The molecule has 2 aliphatic rings. The second-order valence-electron chi connectivity index (χ2n) is 6.47. The fraction of sp³-hybridized carbons (Fsp3) is 0.263. The molecular weight excluding hydrogens is 356 g/mol. The lowest BCUT2D eigenvalue weighted by Gasteiger charge is -2.38. The summed E-state index contributed by atoms with van der Waals surface area (Å²) in [6.45, 7) is 1.98. The first kappa shape index (κ1) is 16.7. The van der Waals surface area contributed by atoms with Crippen molar-refractivity contribution in [3.8, 4) is 11.5 Å². The molecule has 0 saturated heterocycles. The normalized spacial score (nSPS) is 20.6. The number of carbonyl (C=O) groups excluding carboxylic acids is 2. The van der Waals surface area contributed by atoms with E-state index in [9.17, 15) is 9.59 Å². The number of hydrogen-bond acceptors (Lipinski definition) is 4. The van der Waals surface area contributed by atoms with Gasteiger partial charge in [-0.05, 0) is 37.1 Å². The Kier molecular flexibility index (Phi) is 4.00. The maximum atomic E-state index is 13.3. The summed E-state index contributed by atoms with van der Waals surface area (Å²) >= 11 is 6.22. The summed E-state index contributed by atoms with van der Waals surface area (Å²) in [5, 5.41) is 0.330. The summed E-state index contributed by atoms with van der Waals surface area (Å²) in [5.41, 5.74) is 7.42. The number of carbonyl (C=O) groups is 2. The Hall–Kier alpha value is -2.73. The topological polar surface area (TPSA) is 81.9 Å². The molecule has 4 rings (SSSR count). The minimum absolute atomic E-state index is 0.0793.